The third-order valence-corrected chi connectivity index (χ3v) is 3.31. The molecule has 86 valence electrons. The summed E-state index contributed by atoms with van der Waals surface area (Å²) < 4.78 is 0. The van der Waals surface area contributed by atoms with Crippen LogP contribution in [-0.4, -0.2) is 36.8 Å². The molecule has 2 fully saturated rings. The van der Waals surface area contributed by atoms with E-state index in [9.17, 15) is 9.90 Å². The Labute approximate surface area is 90.4 Å². The van der Waals surface area contributed by atoms with Crippen LogP contribution >= 0.6 is 0 Å². The minimum Gasteiger partial charge on any atom is -0.391 e. The van der Waals surface area contributed by atoms with Gasteiger partial charge in [0.2, 0.25) is 5.91 Å². The van der Waals surface area contributed by atoms with Crippen LogP contribution in [0.25, 0.3) is 0 Å². The van der Waals surface area contributed by atoms with E-state index in [1.807, 2.05) is 0 Å². The molecule has 3 N–H and O–H groups in total. The van der Waals surface area contributed by atoms with Crippen molar-refractivity contribution >= 4 is 5.91 Å². The Balaban J connectivity index is 1.59. The fraction of sp³-hybridized carbons (Fsp3) is 0.909. The van der Waals surface area contributed by atoms with Crippen LogP contribution < -0.4 is 10.6 Å². The van der Waals surface area contributed by atoms with Gasteiger partial charge in [-0.3, -0.25) is 4.79 Å². The second-order valence-electron chi connectivity index (χ2n) is 4.77. The number of rotatable bonds is 5. The molecule has 2 unspecified atom stereocenters. The average molecular weight is 212 g/mol. The number of carbonyl (C=O) groups is 1. The van der Waals surface area contributed by atoms with Gasteiger partial charge in [-0.05, 0) is 44.2 Å². The van der Waals surface area contributed by atoms with Crippen LogP contribution in [0.15, 0.2) is 0 Å². The molecule has 4 heteroatoms. The van der Waals surface area contributed by atoms with Crippen LogP contribution in [0.4, 0.5) is 0 Å². The monoisotopic (exact) mass is 212 g/mol. The summed E-state index contributed by atoms with van der Waals surface area (Å²) in [5.74, 6) is 1.02. The summed E-state index contributed by atoms with van der Waals surface area (Å²) in [7, 11) is 0. The first kappa shape index (κ1) is 10.9. The SMILES string of the molecule is O=C(CC1CCNC1)NCC(O)C1CC1. The van der Waals surface area contributed by atoms with Crippen molar-refractivity contribution in [1.82, 2.24) is 10.6 Å². The average Bonchev–Trinajstić information content (AvgIpc) is 2.95. The van der Waals surface area contributed by atoms with E-state index in [-0.39, 0.29) is 12.0 Å². The summed E-state index contributed by atoms with van der Waals surface area (Å²) in [6.45, 7) is 2.42. The van der Waals surface area contributed by atoms with Gasteiger partial charge in [0.25, 0.3) is 0 Å². The lowest BCUT2D eigenvalue weighted by Gasteiger charge is -2.12. The number of nitrogens with one attached hydrogen (secondary N) is 2. The van der Waals surface area contributed by atoms with E-state index in [0.29, 0.717) is 24.8 Å². The molecular weight excluding hydrogens is 192 g/mol. The minimum absolute atomic E-state index is 0.0865. The van der Waals surface area contributed by atoms with Crippen molar-refractivity contribution in [2.24, 2.45) is 11.8 Å². The summed E-state index contributed by atoms with van der Waals surface area (Å²) in [6, 6.07) is 0. The van der Waals surface area contributed by atoms with Gasteiger partial charge in [0.05, 0.1) is 6.10 Å². The number of aliphatic hydroxyl groups excluding tert-OH is 1. The fourth-order valence-corrected chi connectivity index (χ4v) is 2.09. The van der Waals surface area contributed by atoms with Gasteiger partial charge >= 0.3 is 0 Å². The van der Waals surface area contributed by atoms with Gasteiger partial charge in [0, 0.05) is 13.0 Å². The number of hydrogen-bond donors (Lipinski definition) is 3. The predicted octanol–water partition coefficient (Wildman–Crippen LogP) is -0.127. The molecule has 2 rings (SSSR count). The molecule has 0 aromatic carbocycles. The standard InChI is InChI=1S/C11H20N2O2/c14-10(9-1-2-9)7-13-11(15)5-8-3-4-12-6-8/h8-10,12,14H,1-7H2,(H,13,15). The van der Waals surface area contributed by atoms with E-state index in [4.69, 9.17) is 0 Å². The highest BCUT2D eigenvalue weighted by molar-refractivity contribution is 5.76. The maximum Gasteiger partial charge on any atom is 0.220 e. The highest BCUT2D eigenvalue weighted by atomic mass is 16.3. The van der Waals surface area contributed by atoms with Crippen molar-refractivity contribution in [3.8, 4) is 0 Å². The zero-order chi connectivity index (χ0) is 10.7. The van der Waals surface area contributed by atoms with Crippen molar-refractivity contribution in [1.29, 1.82) is 0 Å². The van der Waals surface area contributed by atoms with Crippen LogP contribution in [0.2, 0.25) is 0 Å². The van der Waals surface area contributed by atoms with E-state index < -0.39 is 0 Å². The molecule has 1 aliphatic carbocycles. The van der Waals surface area contributed by atoms with Gasteiger partial charge in [-0.1, -0.05) is 0 Å². The van der Waals surface area contributed by atoms with E-state index in [1.165, 1.54) is 0 Å². The van der Waals surface area contributed by atoms with Gasteiger partial charge in [0.1, 0.15) is 0 Å². The van der Waals surface area contributed by atoms with E-state index in [2.05, 4.69) is 10.6 Å². The number of carbonyl (C=O) groups excluding carboxylic acids is 1. The zero-order valence-corrected chi connectivity index (χ0v) is 9.04. The largest absolute Gasteiger partial charge is 0.391 e. The number of amides is 1. The Morgan fingerprint density at radius 3 is 2.87 bits per heavy atom. The second-order valence-corrected chi connectivity index (χ2v) is 4.77. The molecule has 4 nitrogen and oxygen atoms in total. The quantitative estimate of drug-likeness (QED) is 0.595. The topological polar surface area (TPSA) is 61.4 Å². The summed E-state index contributed by atoms with van der Waals surface area (Å²) in [5, 5.41) is 15.6. The Morgan fingerprint density at radius 1 is 1.47 bits per heavy atom. The first-order chi connectivity index (χ1) is 7.25. The summed E-state index contributed by atoms with van der Waals surface area (Å²) in [4.78, 5) is 11.5. The van der Waals surface area contributed by atoms with Crippen molar-refractivity contribution in [2.75, 3.05) is 19.6 Å². The van der Waals surface area contributed by atoms with Gasteiger partial charge in [-0.15, -0.1) is 0 Å². The minimum atomic E-state index is -0.323. The summed E-state index contributed by atoms with van der Waals surface area (Å²) in [5.41, 5.74) is 0. The Kier molecular flexibility index (Phi) is 3.59. The van der Waals surface area contributed by atoms with Crippen molar-refractivity contribution in [3.63, 3.8) is 0 Å². The first-order valence-corrected chi connectivity index (χ1v) is 5.91. The van der Waals surface area contributed by atoms with Crippen LogP contribution in [0.1, 0.15) is 25.7 Å². The van der Waals surface area contributed by atoms with Crippen LogP contribution in [0.3, 0.4) is 0 Å². The Hall–Kier alpha value is -0.610. The van der Waals surface area contributed by atoms with Gasteiger partial charge in [-0.25, -0.2) is 0 Å². The van der Waals surface area contributed by atoms with Crippen molar-refractivity contribution in [3.05, 3.63) is 0 Å². The second kappa shape index (κ2) is 4.94. The third-order valence-electron chi connectivity index (χ3n) is 3.31. The lowest BCUT2D eigenvalue weighted by atomic mass is 10.0. The molecule has 1 saturated carbocycles. The molecule has 1 saturated heterocycles. The lowest BCUT2D eigenvalue weighted by molar-refractivity contribution is -0.122. The van der Waals surface area contributed by atoms with Crippen LogP contribution in [0, 0.1) is 11.8 Å². The molecule has 1 heterocycles. The fourth-order valence-electron chi connectivity index (χ4n) is 2.09. The maximum absolute atomic E-state index is 11.5. The predicted molar refractivity (Wildman–Crippen MR) is 57.3 cm³/mol. The van der Waals surface area contributed by atoms with E-state index in [0.717, 1.165) is 32.4 Å². The highest BCUT2D eigenvalue weighted by Gasteiger charge is 2.29. The molecule has 2 aliphatic rings. The first-order valence-electron chi connectivity index (χ1n) is 5.91. The normalized spacial score (nSPS) is 27.7. The summed E-state index contributed by atoms with van der Waals surface area (Å²) in [6.07, 6.45) is 3.60. The Bertz CT molecular complexity index is 223. The molecule has 0 bridgehead atoms. The smallest absolute Gasteiger partial charge is 0.220 e. The van der Waals surface area contributed by atoms with Crippen LogP contribution in [-0.2, 0) is 4.79 Å². The number of aliphatic hydroxyl groups is 1. The Morgan fingerprint density at radius 2 is 2.27 bits per heavy atom. The maximum atomic E-state index is 11.5. The molecule has 0 aromatic rings. The third kappa shape index (κ3) is 3.47. The molecule has 15 heavy (non-hydrogen) atoms. The molecule has 0 aromatic heterocycles. The molecule has 0 radical (unpaired) electrons. The van der Waals surface area contributed by atoms with E-state index in [1.54, 1.807) is 0 Å². The summed E-state index contributed by atoms with van der Waals surface area (Å²) >= 11 is 0. The molecule has 0 spiro atoms. The molecule has 1 aliphatic heterocycles. The van der Waals surface area contributed by atoms with Gasteiger partial charge in [0.15, 0.2) is 0 Å². The van der Waals surface area contributed by atoms with Crippen molar-refractivity contribution in [2.45, 2.75) is 31.8 Å². The van der Waals surface area contributed by atoms with Gasteiger partial charge in [-0.2, -0.15) is 0 Å². The van der Waals surface area contributed by atoms with E-state index >= 15 is 0 Å². The molecule has 1 amide bonds. The van der Waals surface area contributed by atoms with Crippen LogP contribution in [0.5, 0.6) is 0 Å². The number of hydrogen-bond acceptors (Lipinski definition) is 3. The zero-order valence-electron chi connectivity index (χ0n) is 9.04. The lowest BCUT2D eigenvalue weighted by Crippen LogP contribution is -2.34. The molecular formula is C11H20N2O2. The molecule has 2 atom stereocenters. The highest BCUT2D eigenvalue weighted by Crippen LogP contribution is 2.32. The van der Waals surface area contributed by atoms with Gasteiger partial charge < -0.3 is 15.7 Å². The van der Waals surface area contributed by atoms with Crippen molar-refractivity contribution < 1.29 is 9.90 Å².